The first-order valence-corrected chi connectivity index (χ1v) is 29.9. The lowest BCUT2D eigenvalue weighted by Gasteiger charge is -2.41. The van der Waals surface area contributed by atoms with Crippen LogP contribution in [0.2, 0.25) is 0 Å². The van der Waals surface area contributed by atoms with Crippen LogP contribution in [0.15, 0.2) is 227 Å². The van der Waals surface area contributed by atoms with E-state index < -0.39 is 0 Å². The van der Waals surface area contributed by atoms with E-state index in [1.807, 2.05) is 0 Å². The Morgan fingerprint density at radius 3 is 0.928 bits per heavy atom. The average Bonchev–Trinajstić information content (AvgIpc) is 2.65. The van der Waals surface area contributed by atoms with Crippen molar-refractivity contribution in [2.24, 2.45) is 11.8 Å². The molecule has 0 radical (unpaired) electrons. The molecule has 398 valence electrons. The first kappa shape index (κ1) is 48.5. The molecule has 0 unspecified atom stereocenters. The maximum absolute atomic E-state index is 7.11. The Morgan fingerprint density at radius 1 is 0.253 bits per heavy atom. The van der Waals surface area contributed by atoms with Crippen LogP contribution in [0.5, 0.6) is 0 Å². The predicted molar refractivity (Wildman–Crippen MR) is 349 cm³/mol. The molecule has 2 heterocycles. The monoisotopic (exact) mass is 1070 g/mol. The maximum Gasteiger partial charge on any atom is 0.143 e. The number of rotatable bonds is 6. The summed E-state index contributed by atoms with van der Waals surface area (Å²) in [6.07, 6.45) is 0. The summed E-state index contributed by atoms with van der Waals surface area (Å²) < 4.78 is 14.2. The van der Waals surface area contributed by atoms with Gasteiger partial charge < -0.3 is 8.83 Å². The van der Waals surface area contributed by atoms with Crippen LogP contribution in [-0.2, 0) is 16.2 Å². The minimum atomic E-state index is -0.296. The van der Waals surface area contributed by atoms with Gasteiger partial charge >= 0.3 is 0 Å². The molecule has 2 aromatic heterocycles. The van der Waals surface area contributed by atoms with Gasteiger partial charge in [-0.1, -0.05) is 237 Å². The van der Waals surface area contributed by atoms with Gasteiger partial charge in [0.15, 0.2) is 0 Å². The highest BCUT2D eigenvalue weighted by molar-refractivity contribution is 6.19. The van der Waals surface area contributed by atoms with Crippen molar-refractivity contribution in [1.82, 2.24) is 0 Å². The fraction of sp³-hybridized carbons (Fsp3) is 0.160. The number of para-hydroxylation sites is 4. The fourth-order valence-electron chi connectivity index (χ4n) is 16.6. The summed E-state index contributed by atoms with van der Waals surface area (Å²) in [5, 5.41) is 9.62. The molecule has 0 amide bonds. The van der Waals surface area contributed by atoms with E-state index in [1.165, 1.54) is 99.4 Å². The van der Waals surface area contributed by atoms with E-state index in [4.69, 9.17) is 8.83 Å². The van der Waals surface area contributed by atoms with Crippen molar-refractivity contribution in [3.63, 3.8) is 0 Å². The minimum Gasteiger partial charge on any atom is -0.455 e. The second kappa shape index (κ2) is 16.9. The Hall–Kier alpha value is -9.24. The zero-order chi connectivity index (χ0) is 56.0. The average molecular weight is 1070 g/mol. The van der Waals surface area contributed by atoms with E-state index in [0.717, 1.165) is 77.3 Å². The van der Waals surface area contributed by atoms with Crippen LogP contribution in [0.25, 0.3) is 143 Å². The van der Waals surface area contributed by atoms with E-state index >= 15 is 0 Å². The van der Waals surface area contributed by atoms with Gasteiger partial charge in [-0.05, 0) is 159 Å². The summed E-state index contributed by atoms with van der Waals surface area (Å²) in [5.41, 5.74) is 28.8. The van der Waals surface area contributed by atoms with Crippen molar-refractivity contribution in [3.8, 4) is 77.9 Å². The summed E-state index contributed by atoms with van der Waals surface area (Å²) in [6, 6.07) is 81.7. The molecule has 3 aliphatic carbocycles. The topological polar surface area (TPSA) is 26.3 Å². The molecule has 0 aliphatic heterocycles. The zero-order valence-corrected chi connectivity index (χ0v) is 48.3. The van der Waals surface area contributed by atoms with Crippen LogP contribution in [-0.4, -0.2) is 0 Å². The second-order valence-electron chi connectivity index (χ2n) is 25.8. The van der Waals surface area contributed by atoms with Gasteiger partial charge in [0.1, 0.15) is 22.3 Å². The molecule has 0 atom stereocenters. The highest BCUT2D eigenvalue weighted by Crippen LogP contribution is 2.65. The van der Waals surface area contributed by atoms with Crippen LogP contribution in [0, 0.1) is 11.8 Å². The fourth-order valence-corrected chi connectivity index (χ4v) is 16.6. The van der Waals surface area contributed by atoms with Crippen LogP contribution in [0.4, 0.5) is 0 Å². The van der Waals surface area contributed by atoms with Gasteiger partial charge in [-0.25, -0.2) is 0 Å². The van der Waals surface area contributed by atoms with Crippen LogP contribution >= 0.6 is 0 Å². The van der Waals surface area contributed by atoms with Gasteiger partial charge in [0.2, 0.25) is 0 Å². The number of hydrogen-bond donors (Lipinski definition) is 0. The van der Waals surface area contributed by atoms with Crippen molar-refractivity contribution in [1.29, 1.82) is 0 Å². The third kappa shape index (κ3) is 6.28. The molecular formula is C81H62O2. The van der Waals surface area contributed by atoms with Gasteiger partial charge in [-0.3, -0.25) is 0 Å². The van der Waals surface area contributed by atoms with Crippen molar-refractivity contribution in [2.45, 2.75) is 71.6 Å². The van der Waals surface area contributed by atoms with Crippen LogP contribution in [0.1, 0.15) is 88.8 Å². The Morgan fingerprint density at radius 2 is 0.554 bits per heavy atom. The number of benzene rings is 12. The molecule has 2 heteroatoms. The van der Waals surface area contributed by atoms with Crippen LogP contribution in [0.3, 0.4) is 0 Å². The number of fused-ring (bicyclic) bond motifs is 19. The predicted octanol–water partition coefficient (Wildman–Crippen LogP) is 22.7. The molecular weight excluding hydrogens is 1000 g/mol. The summed E-state index contributed by atoms with van der Waals surface area (Å²) in [7, 11) is 0. The summed E-state index contributed by atoms with van der Waals surface area (Å²) in [6.45, 7) is 19.7. The molecule has 2 nitrogen and oxygen atoms in total. The summed E-state index contributed by atoms with van der Waals surface area (Å²) >= 11 is 0. The summed E-state index contributed by atoms with van der Waals surface area (Å²) in [4.78, 5) is 0. The number of furan rings is 2. The van der Waals surface area contributed by atoms with Gasteiger partial charge in [0.05, 0.1) is 0 Å². The highest BCUT2D eigenvalue weighted by Gasteiger charge is 2.52. The third-order valence-electron chi connectivity index (χ3n) is 20.4. The van der Waals surface area contributed by atoms with Crippen LogP contribution < -0.4 is 0 Å². The SMILES string of the molecule is CC(C)C1(C(C)C)c2cc3c(cc2-c2cc4c(cc21)-c1c(cc(-c2cccc5c2oc2c(-c6ccccc6)cccc25)c2ccccc12)C4(C)C)C(C)(C)c1cc(-c2cccc4c2oc2c(-c5ccccc5)cccc24)c2ccccc2c1-3. The van der Waals surface area contributed by atoms with Crippen molar-refractivity contribution in [2.75, 3.05) is 0 Å². The lowest BCUT2D eigenvalue weighted by atomic mass is 9.62. The van der Waals surface area contributed by atoms with Gasteiger partial charge in [-0.15, -0.1) is 0 Å². The quantitative estimate of drug-likeness (QED) is 0.166. The van der Waals surface area contributed by atoms with Gasteiger partial charge in [0.25, 0.3) is 0 Å². The standard InChI is InChI=1S/C81H62O2/c1-45(2)81(46(3)4)69-43-65-67(79(5,6)71-39-61(51-27-15-17-29-53(51)73(65)71)59-37-21-35-57-55-33-19-31-49(75(55)82-77(57)59)47-23-11-9-12-24-47)41-63(69)64-42-68-66(44-70(64)81)74-54-30-18-16-28-52(54)62(40-72(74)80(68,7)8)60-38-22-36-58-56-34-20-32-50(76(56)83-78(58)60)48-25-13-10-14-26-48/h9-46H,1-8H3. The highest BCUT2D eigenvalue weighted by atomic mass is 16.3. The Balaban J connectivity index is 0.847. The van der Waals surface area contributed by atoms with E-state index in [9.17, 15) is 0 Å². The van der Waals surface area contributed by atoms with Crippen molar-refractivity contribution < 1.29 is 8.83 Å². The molecule has 0 saturated heterocycles. The smallest absolute Gasteiger partial charge is 0.143 e. The van der Waals surface area contributed by atoms with E-state index in [1.54, 1.807) is 0 Å². The first-order valence-electron chi connectivity index (χ1n) is 29.9. The zero-order valence-electron chi connectivity index (χ0n) is 48.3. The Bertz CT molecular complexity index is 4810. The van der Waals surface area contributed by atoms with Crippen molar-refractivity contribution in [3.05, 3.63) is 252 Å². The molecule has 0 saturated carbocycles. The Kier molecular flexibility index (Phi) is 9.89. The van der Waals surface area contributed by atoms with E-state index in [2.05, 4.69) is 274 Å². The molecule has 3 aliphatic rings. The molecule has 0 N–H and O–H groups in total. The van der Waals surface area contributed by atoms with E-state index in [0.29, 0.717) is 11.8 Å². The second-order valence-corrected chi connectivity index (χ2v) is 25.8. The molecule has 12 aromatic carbocycles. The normalized spacial score (nSPS) is 15.0. The van der Waals surface area contributed by atoms with Gasteiger partial charge in [-0.2, -0.15) is 0 Å². The first-order chi connectivity index (χ1) is 40.3. The third-order valence-corrected chi connectivity index (χ3v) is 20.4. The van der Waals surface area contributed by atoms with Gasteiger partial charge in [0, 0.05) is 60.0 Å². The molecule has 0 fully saturated rings. The molecule has 17 rings (SSSR count). The molecule has 83 heavy (non-hydrogen) atoms. The lowest BCUT2D eigenvalue weighted by Crippen LogP contribution is -2.37. The molecule has 0 spiro atoms. The molecule has 0 bridgehead atoms. The Labute approximate surface area is 484 Å². The number of hydrogen-bond acceptors (Lipinski definition) is 2. The maximum atomic E-state index is 7.11. The van der Waals surface area contributed by atoms with E-state index in [-0.39, 0.29) is 16.2 Å². The lowest BCUT2D eigenvalue weighted by molar-refractivity contribution is 0.280. The molecule has 14 aromatic rings. The minimum absolute atomic E-state index is 0.245. The summed E-state index contributed by atoms with van der Waals surface area (Å²) in [5.74, 6) is 0.635. The largest absolute Gasteiger partial charge is 0.455 e. The van der Waals surface area contributed by atoms with Crippen molar-refractivity contribution >= 4 is 65.4 Å².